The highest BCUT2D eigenvalue weighted by molar-refractivity contribution is 6.34. The molecule has 0 fully saturated rings. The molecule has 1 N–H and O–H groups in total. The summed E-state index contributed by atoms with van der Waals surface area (Å²) in [4.78, 5) is 6.86. The molecular formula is C19H20ClN5O. The Bertz CT molecular complexity index is 1050. The lowest BCUT2D eigenvalue weighted by molar-refractivity contribution is 0.269. The summed E-state index contributed by atoms with van der Waals surface area (Å²) in [6, 6.07) is 12.0. The van der Waals surface area contributed by atoms with Gasteiger partial charge in [0, 0.05) is 11.9 Å². The van der Waals surface area contributed by atoms with Gasteiger partial charge in [0.1, 0.15) is 16.6 Å². The predicted molar refractivity (Wildman–Crippen MR) is 104 cm³/mol. The van der Waals surface area contributed by atoms with Crippen LogP contribution in [0.3, 0.4) is 0 Å². The minimum atomic E-state index is 0.0870. The van der Waals surface area contributed by atoms with Gasteiger partial charge < -0.3 is 9.73 Å². The highest BCUT2D eigenvalue weighted by Crippen LogP contribution is 2.29. The highest BCUT2D eigenvalue weighted by atomic mass is 35.5. The number of fused-ring (bicyclic) bond motifs is 3. The third-order valence-electron chi connectivity index (χ3n) is 4.53. The van der Waals surface area contributed by atoms with E-state index in [1.165, 1.54) is 0 Å². The molecule has 0 aliphatic rings. The van der Waals surface area contributed by atoms with Gasteiger partial charge in [-0.15, -0.1) is 0 Å². The van der Waals surface area contributed by atoms with Crippen LogP contribution in [0.5, 0.6) is 0 Å². The van der Waals surface area contributed by atoms with Crippen molar-refractivity contribution < 1.29 is 4.42 Å². The van der Waals surface area contributed by atoms with Crippen LogP contribution in [0.2, 0.25) is 5.02 Å². The lowest BCUT2D eigenvalue weighted by Crippen LogP contribution is -2.26. The number of rotatable bonds is 5. The molecule has 26 heavy (non-hydrogen) atoms. The Kier molecular flexibility index (Phi) is 4.30. The van der Waals surface area contributed by atoms with Crippen molar-refractivity contribution in [1.82, 2.24) is 19.5 Å². The maximum atomic E-state index is 6.41. The summed E-state index contributed by atoms with van der Waals surface area (Å²) >= 11 is 6.41. The van der Waals surface area contributed by atoms with Crippen molar-refractivity contribution in [2.24, 2.45) is 0 Å². The molecule has 7 heteroatoms. The molecule has 4 rings (SSSR count). The van der Waals surface area contributed by atoms with E-state index in [4.69, 9.17) is 21.0 Å². The quantitative estimate of drug-likeness (QED) is 0.572. The first-order valence-corrected chi connectivity index (χ1v) is 8.81. The summed E-state index contributed by atoms with van der Waals surface area (Å²) in [6.07, 6.45) is 1.69. The second-order valence-electron chi connectivity index (χ2n) is 6.49. The van der Waals surface area contributed by atoms with Gasteiger partial charge >= 0.3 is 0 Å². The smallest absolute Gasteiger partial charge is 0.176 e. The zero-order valence-corrected chi connectivity index (χ0v) is 15.7. The van der Waals surface area contributed by atoms with E-state index in [1.54, 1.807) is 10.8 Å². The molecule has 6 nitrogen and oxygen atoms in total. The van der Waals surface area contributed by atoms with Crippen LogP contribution in [0.15, 0.2) is 47.1 Å². The molecule has 1 aromatic carbocycles. The number of furan rings is 1. The Balaban J connectivity index is 1.76. The number of nitrogens with one attached hydrogen (secondary N) is 1. The van der Waals surface area contributed by atoms with Gasteiger partial charge in [0.25, 0.3) is 0 Å². The van der Waals surface area contributed by atoms with Crippen LogP contribution in [-0.2, 0) is 0 Å². The third kappa shape index (κ3) is 2.81. The number of nitrogens with zero attached hydrogens (tertiary/aromatic N) is 4. The van der Waals surface area contributed by atoms with E-state index in [9.17, 15) is 0 Å². The molecule has 3 heterocycles. The van der Waals surface area contributed by atoms with Gasteiger partial charge in [0.15, 0.2) is 5.65 Å². The number of para-hydroxylation sites is 1. The van der Waals surface area contributed by atoms with Crippen LogP contribution in [-0.4, -0.2) is 40.1 Å². The van der Waals surface area contributed by atoms with E-state index in [0.29, 0.717) is 17.2 Å². The first-order chi connectivity index (χ1) is 12.6. The third-order valence-corrected chi connectivity index (χ3v) is 4.97. The van der Waals surface area contributed by atoms with Crippen LogP contribution >= 0.6 is 11.6 Å². The van der Waals surface area contributed by atoms with Crippen molar-refractivity contribution in [3.05, 3.63) is 59.1 Å². The van der Waals surface area contributed by atoms with Crippen molar-refractivity contribution in [1.29, 1.82) is 0 Å². The van der Waals surface area contributed by atoms with E-state index >= 15 is 0 Å². The zero-order chi connectivity index (χ0) is 18.3. The Morgan fingerprint density at radius 3 is 2.77 bits per heavy atom. The maximum absolute atomic E-state index is 6.41. The van der Waals surface area contributed by atoms with Crippen molar-refractivity contribution in [2.45, 2.75) is 13.0 Å². The molecule has 0 amide bonds. The number of hydrogen-bond donors (Lipinski definition) is 1. The SMILES string of the molecule is Cc1nn2c(nc(NCC(c3ccco3)N(C)C)c3ccccc32)c1Cl. The summed E-state index contributed by atoms with van der Waals surface area (Å²) in [5, 5.41) is 9.56. The molecule has 1 atom stereocenters. The van der Waals surface area contributed by atoms with Crippen LogP contribution in [0.25, 0.3) is 16.6 Å². The topological polar surface area (TPSA) is 58.6 Å². The lowest BCUT2D eigenvalue weighted by Gasteiger charge is -2.23. The summed E-state index contributed by atoms with van der Waals surface area (Å²) in [5.74, 6) is 1.69. The van der Waals surface area contributed by atoms with Gasteiger partial charge in [-0.1, -0.05) is 23.7 Å². The molecule has 0 saturated carbocycles. The number of benzene rings is 1. The van der Waals surface area contributed by atoms with Gasteiger partial charge in [0.05, 0.1) is 23.5 Å². The number of hydrogen-bond acceptors (Lipinski definition) is 5. The molecule has 0 bridgehead atoms. The van der Waals surface area contributed by atoms with Gasteiger partial charge in [-0.2, -0.15) is 5.10 Å². The molecular weight excluding hydrogens is 350 g/mol. The molecule has 4 aromatic rings. The normalized spacial score (nSPS) is 13.0. The fraction of sp³-hybridized carbons (Fsp3) is 0.263. The predicted octanol–water partition coefficient (Wildman–Crippen LogP) is 4.15. The van der Waals surface area contributed by atoms with E-state index in [1.807, 2.05) is 57.4 Å². The van der Waals surface area contributed by atoms with Crippen molar-refractivity contribution in [3.8, 4) is 0 Å². The van der Waals surface area contributed by atoms with Crippen LogP contribution in [0, 0.1) is 6.92 Å². The Morgan fingerprint density at radius 1 is 1.23 bits per heavy atom. The largest absolute Gasteiger partial charge is 0.468 e. The number of likely N-dealkylation sites (N-methyl/N-ethyl adjacent to an activating group) is 1. The second kappa shape index (κ2) is 6.63. The molecule has 0 aliphatic heterocycles. The van der Waals surface area contributed by atoms with E-state index in [0.717, 1.165) is 28.2 Å². The van der Waals surface area contributed by atoms with Gasteiger partial charge in [-0.25, -0.2) is 9.50 Å². The first-order valence-electron chi connectivity index (χ1n) is 8.43. The first kappa shape index (κ1) is 16.9. The van der Waals surface area contributed by atoms with Crippen molar-refractivity contribution in [3.63, 3.8) is 0 Å². The van der Waals surface area contributed by atoms with E-state index < -0.39 is 0 Å². The minimum absolute atomic E-state index is 0.0870. The summed E-state index contributed by atoms with van der Waals surface area (Å²) < 4.78 is 7.39. The number of anilines is 1. The molecule has 3 aromatic heterocycles. The second-order valence-corrected chi connectivity index (χ2v) is 6.87. The van der Waals surface area contributed by atoms with Gasteiger partial charge in [-0.3, -0.25) is 4.90 Å². The van der Waals surface area contributed by atoms with E-state index in [2.05, 4.69) is 15.3 Å². The van der Waals surface area contributed by atoms with Crippen molar-refractivity contribution >= 4 is 34.0 Å². The average Bonchev–Trinajstić information content (AvgIpc) is 3.25. The van der Waals surface area contributed by atoms with Crippen LogP contribution in [0.1, 0.15) is 17.5 Å². The molecule has 0 radical (unpaired) electrons. The zero-order valence-electron chi connectivity index (χ0n) is 14.9. The van der Waals surface area contributed by atoms with Crippen LogP contribution in [0.4, 0.5) is 5.82 Å². The Labute approximate surface area is 156 Å². The fourth-order valence-electron chi connectivity index (χ4n) is 3.13. The van der Waals surface area contributed by atoms with Gasteiger partial charge in [-0.05, 0) is 45.3 Å². The molecule has 134 valence electrons. The standard InChI is InChI=1S/C19H20ClN5O/c1-12-17(20)19-22-18(13-7-4-5-8-14(13)25(19)23-12)21-11-15(24(2)3)16-9-6-10-26-16/h4-10,15H,11H2,1-3H3,(H,21,22). The minimum Gasteiger partial charge on any atom is -0.468 e. The lowest BCUT2D eigenvalue weighted by atomic mass is 10.2. The number of aromatic nitrogens is 3. The van der Waals surface area contributed by atoms with Crippen LogP contribution < -0.4 is 5.32 Å². The van der Waals surface area contributed by atoms with E-state index in [-0.39, 0.29) is 6.04 Å². The summed E-state index contributed by atoms with van der Waals surface area (Å²) in [6.45, 7) is 2.54. The average molecular weight is 370 g/mol. The highest BCUT2D eigenvalue weighted by Gasteiger charge is 2.19. The summed E-state index contributed by atoms with van der Waals surface area (Å²) in [7, 11) is 4.06. The summed E-state index contributed by atoms with van der Waals surface area (Å²) in [5.41, 5.74) is 2.39. The Morgan fingerprint density at radius 2 is 2.04 bits per heavy atom. The molecule has 0 saturated heterocycles. The maximum Gasteiger partial charge on any atom is 0.176 e. The molecule has 0 spiro atoms. The molecule has 1 unspecified atom stereocenters. The monoisotopic (exact) mass is 369 g/mol. The fourth-order valence-corrected chi connectivity index (χ4v) is 3.29. The van der Waals surface area contributed by atoms with Gasteiger partial charge in [0.2, 0.25) is 0 Å². The Hall–Kier alpha value is -2.57. The van der Waals surface area contributed by atoms with Crippen molar-refractivity contribution in [2.75, 3.05) is 26.0 Å². The molecule has 0 aliphatic carbocycles. The number of halogens is 1. The number of aryl methyl sites for hydroxylation is 1.